The van der Waals surface area contributed by atoms with Crippen LogP contribution in [0.2, 0.25) is 0 Å². The molecule has 0 bridgehead atoms. The van der Waals surface area contributed by atoms with Crippen LogP contribution in [0.3, 0.4) is 0 Å². The van der Waals surface area contributed by atoms with Crippen molar-refractivity contribution >= 4 is 104 Å². The Hall–Kier alpha value is -7.05. The van der Waals surface area contributed by atoms with Gasteiger partial charge >= 0.3 is 0 Å². The molecule has 0 radical (unpaired) electrons. The number of hydrogen-bond acceptors (Lipinski definition) is 2. The van der Waals surface area contributed by atoms with Gasteiger partial charge in [-0.25, -0.2) is 4.98 Å². The van der Waals surface area contributed by atoms with Crippen LogP contribution in [0.25, 0.3) is 75.3 Å². The van der Waals surface area contributed by atoms with Crippen LogP contribution < -0.4 is 20.9 Å². The number of pyridine rings is 1. The van der Waals surface area contributed by atoms with Gasteiger partial charge < -0.3 is 4.57 Å². The summed E-state index contributed by atoms with van der Waals surface area (Å²) >= 11 is 1.87. The highest BCUT2D eigenvalue weighted by Crippen LogP contribution is 2.39. The molecule has 8 aromatic carbocycles. The lowest BCUT2D eigenvalue weighted by Crippen LogP contribution is -2.75. The van der Waals surface area contributed by atoms with Crippen molar-refractivity contribution in [3.63, 3.8) is 0 Å². The van der Waals surface area contributed by atoms with Gasteiger partial charge in [-0.3, -0.25) is 4.57 Å². The molecule has 0 aliphatic heterocycles. The van der Waals surface area contributed by atoms with Crippen molar-refractivity contribution in [2.45, 2.75) is 0 Å². The Labute approximate surface area is 340 Å². The van der Waals surface area contributed by atoms with Gasteiger partial charge in [0.2, 0.25) is 8.07 Å². The average Bonchev–Trinajstić information content (AvgIpc) is 3.95. The molecule has 4 aromatic heterocycles. The van der Waals surface area contributed by atoms with Gasteiger partial charge in [0.15, 0.2) is 0 Å². The molecule has 272 valence electrons. The molecule has 5 heteroatoms. The van der Waals surface area contributed by atoms with Gasteiger partial charge in [-0.15, -0.1) is 11.3 Å². The Balaban J connectivity index is 1.21. The van der Waals surface area contributed by atoms with Crippen LogP contribution in [0, 0.1) is 0 Å². The first-order valence-electron chi connectivity index (χ1n) is 19.8. The summed E-state index contributed by atoms with van der Waals surface area (Å²) in [4.78, 5) is 6.02. The Bertz CT molecular complexity index is 3360. The van der Waals surface area contributed by atoms with Gasteiger partial charge in [-0.2, -0.15) is 0 Å². The zero-order valence-electron chi connectivity index (χ0n) is 31.5. The van der Waals surface area contributed by atoms with Gasteiger partial charge in [0, 0.05) is 42.7 Å². The Kier molecular flexibility index (Phi) is 7.42. The van der Waals surface area contributed by atoms with E-state index in [9.17, 15) is 0 Å². The summed E-state index contributed by atoms with van der Waals surface area (Å²) in [6.45, 7) is 0. The maximum atomic E-state index is 6.02. The van der Waals surface area contributed by atoms with Crippen molar-refractivity contribution in [1.29, 1.82) is 0 Å². The highest BCUT2D eigenvalue weighted by Gasteiger charge is 2.45. The lowest BCUT2D eigenvalue weighted by molar-refractivity contribution is 1.10. The normalized spacial score (nSPS) is 12.1. The zero-order chi connectivity index (χ0) is 38.2. The van der Waals surface area contributed by atoms with Gasteiger partial charge in [0.1, 0.15) is 5.82 Å². The molecular weight excluding hydrogens is 739 g/mol. The van der Waals surface area contributed by atoms with E-state index in [0.29, 0.717) is 0 Å². The number of fused-ring (bicyclic) bond motifs is 9. The van der Waals surface area contributed by atoms with E-state index in [-0.39, 0.29) is 0 Å². The lowest BCUT2D eigenvalue weighted by Gasteiger charge is -2.34. The number of benzene rings is 8. The van der Waals surface area contributed by atoms with Crippen LogP contribution in [0.4, 0.5) is 0 Å². The summed E-state index contributed by atoms with van der Waals surface area (Å²) in [6.07, 6.45) is 0. The molecule has 0 saturated carbocycles. The van der Waals surface area contributed by atoms with Gasteiger partial charge in [-0.1, -0.05) is 164 Å². The van der Waals surface area contributed by atoms with Crippen LogP contribution in [-0.4, -0.2) is 22.2 Å². The minimum atomic E-state index is -3.02. The predicted octanol–water partition coefficient (Wildman–Crippen LogP) is 11.0. The molecule has 12 aromatic rings. The molecular formula is C53H35N3SSi. The topological polar surface area (TPSA) is 22.8 Å². The van der Waals surface area contributed by atoms with Crippen LogP contribution in [0.5, 0.6) is 0 Å². The van der Waals surface area contributed by atoms with Crippen molar-refractivity contribution < 1.29 is 0 Å². The highest BCUT2D eigenvalue weighted by atomic mass is 32.1. The minimum Gasteiger partial charge on any atom is -0.309 e. The molecule has 0 aliphatic carbocycles. The van der Waals surface area contributed by atoms with Crippen LogP contribution in [-0.2, 0) is 0 Å². The fourth-order valence-corrected chi connectivity index (χ4v) is 15.9. The smallest absolute Gasteiger partial charge is 0.203 e. The van der Waals surface area contributed by atoms with Gasteiger partial charge in [0.25, 0.3) is 0 Å². The Morgan fingerprint density at radius 2 is 0.810 bits per heavy atom. The van der Waals surface area contributed by atoms with Crippen LogP contribution >= 0.6 is 11.3 Å². The zero-order valence-corrected chi connectivity index (χ0v) is 33.3. The summed E-state index contributed by atoms with van der Waals surface area (Å²) in [6, 6.07) is 78.0. The van der Waals surface area contributed by atoms with Crippen molar-refractivity contribution in [1.82, 2.24) is 14.1 Å². The summed E-state index contributed by atoms with van der Waals surface area (Å²) in [5.41, 5.74) is 5.83. The van der Waals surface area contributed by atoms with Crippen molar-refractivity contribution in [3.05, 3.63) is 212 Å². The van der Waals surface area contributed by atoms with Crippen molar-refractivity contribution in [2.24, 2.45) is 0 Å². The van der Waals surface area contributed by atoms with E-state index in [1.165, 1.54) is 68.3 Å². The van der Waals surface area contributed by atoms with E-state index in [1.54, 1.807) is 0 Å². The first-order chi connectivity index (χ1) is 28.8. The number of aromatic nitrogens is 3. The molecule has 0 spiro atoms. The molecule has 0 unspecified atom stereocenters. The second-order valence-electron chi connectivity index (χ2n) is 15.1. The molecule has 4 heterocycles. The quantitative estimate of drug-likeness (QED) is 0.122. The second-order valence-corrected chi connectivity index (χ2v) is 19.8. The average molecular weight is 774 g/mol. The van der Waals surface area contributed by atoms with Crippen LogP contribution in [0.15, 0.2) is 212 Å². The van der Waals surface area contributed by atoms with Crippen LogP contribution in [0.1, 0.15) is 0 Å². The monoisotopic (exact) mass is 773 g/mol. The third-order valence-electron chi connectivity index (χ3n) is 12.0. The largest absolute Gasteiger partial charge is 0.309 e. The summed E-state index contributed by atoms with van der Waals surface area (Å²) in [5, 5.41) is 12.5. The number of nitrogens with zero attached hydrogens (tertiary/aromatic N) is 3. The Morgan fingerprint density at radius 3 is 1.38 bits per heavy atom. The summed E-state index contributed by atoms with van der Waals surface area (Å²) in [7, 11) is -3.02. The number of rotatable bonds is 6. The first kappa shape index (κ1) is 33.1. The SMILES string of the molecule is c1ccc([Si](c2ccccc2)(c2ccccc2)c2nc(-n3c4ccccc4c4cc(-n5c6ccccc6c6ccccc65)ccc43)cc3c2sc2ccccc23)cc1. The molecule has 0 aliphatic rings. The molecule has 0 fully saturated rings. The molecule has 0 N–H and O–H groups in total. The highest BCUT2D eigenvalue weighted by molar-refractivity contribution is 7.30. The molecule has 0 amide bonds. The van der Waals surface area contributed by atoms with E-state index in [4.69, 9.17) is 4.98 Å². The number of thiophene rings is 1. The van der Waals surface area contributed by atoms with E-state index in [2.05, 4.69) is 221 Å². The van der Waals surface area contributed by atoms with E-state index >= 15 is 0 Å². The van der Waals surface area contributed by atoms with Crippen molar-refractivity contribution in [3.8, 4) is 11.5 Å². The molecule has 3 nitrogen and oxygen atoms in total. The molecule has 12 rings (SSSR count). The van der Waals surface area contributed by atoms with Gasteiger partial charge in [-0.05, 0) is 64.1 Å². The number of hydrogen-bond donors (Lipinski definition) is 0. The standard InChI is InChI=1S/C53H35N3SSi/c1-4-18-37(19-5-1)58(38-20-6-2-7-21-38,39-22-8-3-9-23-39)53-52-45(43-27-13-17-31-50(43)57-52)35-51(54-53)56-48-30-16-12-26-42(48)44-34-36(32-33-49(44)56)55-46-28-14-10-24-40(46)41-25-11-15-29-47(41)55/h1-35H. The molecule has 0 saturated heterocycles. The van der Waals surface area contributed by atoms with E-state index < -0.39 is 8.07 Å². The number of para-hydroxylation sites is 3. The third-order valence-corrected chi connectivity index (χ3v) is 18.1. The fraction of sp³-hybridized carbons (Fsp3) is 0. The summed E-state index contributed by atoms with van der Waals surface area (Å²) < 4.78 is 7.35. The third kappa shape index (κ3) is 4.75. The van der Waals surface area contributed by atoms with Gasteiger partial charge in [0.05, 0.1) is 32.1 Å². The maximum absolute atomic E-state index is 6.02. The molecule has 0 atom stereocenters. The predicted molar refractivity (Wildman–Crippen MR) is 249 cm³/mol. The summed E-state index contributed by atoms with van der Waals surface area (Å²) in [5.74, 6) is 0.932. The van der Waals surface area contributed by atoms with E-state index in [1.807, 2.05) is 11.3 Å². The van der Waals surface area contributed by atoms with Crippen molar-refractivity contribution in [2.75, 3.05) is 0 Å². The Morgan fingerprint density at radius 1 is 0.362 bits per heavy atom. The van der Waals surface area contributed by atoms with E-state index in [0.717, 1.165) is 27.9 Å². The molecule has 58 heavy (non-hydrogen) atoms. The fourth-order valence-electron chi connectivity index (χ4n) is 9.60. The minimum absolute atomic E-state index is 0.932. The maximum Gasteiger partial charge on any atom is 0.203 e. The second kappa shape index (κ2) is 13.0. The lowest BCUT2D eigenvalue weighted by atomic mass is 10.1. The first-order valence-corrected chi connectivity index (χ1v) is 22.6.